The molecule has 0 radical (unpaired) electrons. The number of hydrogen-bond acceptors (Lipinski definition) is 6. The van der Waals surface area contributed by atoms with Gasteiger partial charge in [0.15, 0.2) is 0 Å². The van der Waals surface area contributed by atoms with Crippen LogP contribution < -0.4 is 11.1 Å². The molecule has 7 nitrogen and oxygen atoms in total. The van der Waals surface area contributed by atoms with Crippen LogP contribution in [0.25, 0.3) is 0 Å². The minimum Gasteiger partial charge on any atom is -0.469 e. The standard InChI is InChI=1S/C16H22N2O5/c1-9-7-11(8-10(2)14(9)17)15(20)18-12(16(21)23-4)5-6-13(19)22-3/h7-8,12H,5-6,17H2,1-4H3,(H,18,20)/t12-/m0/s1. The van der Waals surface area contributed by atoms with Gasteiger partial charge in [0.25, 0.3) is 5.91 Å². The molecule has 0 saturated heterocycles. The van der Waals surface area contributed by atoms with Crippen LogP contribution in [0, 0.1) is 13.8 Å². The van der Waals surface area contributed by atoms with E-state index in [0.717, 1.165) is 11.1 Å². The Balaban J connectivity index is 2.88. The number of benzene rings is 1. The number of aryl methyl sites for hydroxylation is 2. The Kier molecular flexibility index (Phi) is 6.56. The lowest BCUT2D eigenvalue weighted by Crippen LogP contribution is -2.42. The molecule has 1 atom stereocenters. The molecule has 1 aromatic rings. The molecule has 0 aromatic heterocycles. The van der Waals surface area contributed by atoms with Gasteiger partial charge in [-0.15, -0.1) is 0 Å². The number of methoxy groups -OCH3 is 2. The molecular formula is C16H22N2O5. The van der Waals surface area contributed by atoms with E-state index in [9.17, 15) is 14.4 Å². The smallest absolute Gasteiger partial charge is 0.328 e. The van der Waals surface area contributed by atoms with Gasteiger partial charge in [0.1, 0.15) is 6.04 Å². The van der Waals surface area contributed by atoms with Crippen LogP contribution in [0.3, 0.4) is 0 Å². The highest BCUT2D eigenvalue weighted by molar-refractivity contribution is 5.97. The Morgan fingerprint density at radius 3 is 2.17 bits per heavy atom. The van der Waals surface area contributed by atoms with E-state index in [1.54, 1.807) is 26.0 Å². The fourth-order valence-electron chi connectivity index (χ4n) is 2.10. The number of amides is 1. The number of nitrogens with two attached hydrogens (primary N) is 1. The van der Waals surface area contributed by atoms with Gasteiger partial charge in [-0.25, -0.2) is 4.79 Å². The third-order valence-corrected chi connectivity index (χ3v) is 3.51. The zero-order valence-corrected chi connectivity index (χ0v) is 13.8. The summed E-state index contributed by atoms with van der Waals surface area (Å²) in [5.74, 6) is -1.52. The van der Waals surface area contributed by atoms with E-state index in [-0.39, 0.29) is 12.8 Å². The summed E-state index contributed by atoms with van der Waals surface area (Å²) in [5.41, 5.74) is 8.43. The van der Waals surface area contributed by atoms with E-state index in [0.29, 0.717) is 11.3 Å². The lowest BCUT2D eigenvalue weighted by atomic mass is 10.0. The summed E-state index contributed by atoms with van der Waals surface area (Å²) in [7, 11) is 2.48. The third kappa shape index (κ3) is 4.98. The van der Waals surface area contributed by atoms with Crippen LogP contribution in [-0.2, 0) is 19.1 Å². The van der Waals surface area contributed by atoms with Gasteiger partial charge in [0.2, 0.25) is 0 Å². The molecule has 0 unspecified atom stereocenters. The molecule has 1 amide bonds. The Morgan fingerprint density at radius 2 is 1.70 bits per heavy atom. The molecule has 23 heavy (non-hydrogen) atoms. The number of nitrogen functional groups attached to an aromatic ring is 1. The topological polar surface area (TPSA) is 108 Å². The van der Waals surface area contributed by atoms with Gasteiger partial charge in [-0.3, -0.25) is 9.59 Å². The number of carbonyl (C=O) groups excluding carboxylic acids is 3. The van der Waals surface area contributed by atoms with Gasteiger partial charge in [-0.1, -0.05) is 0 Å². The van der Waals surface area contributed by atoms with Crippen LogP contribution in [0.15, 0.2) is 12.1 Å². The Bertz CT molecular complexity index is 589. The second-order valence-corrected chi connectivity index (χ2v) is 5.19. The molecule has 0 saturated carbocycles. The van der Waals surface area contributed by atoms with Gasteiger partial charge >= 0.3 is 11.9 Å². The maximum atomic E-state index is 12.3. The fraction of sp³-hybridized carbons (Fsp3) is 0.438. The lowest BCUT2D eigenvalue weighted by Gasteiger charge is -2.17. The van der Waals surface area contributed by atoms with E-state index in [2.05, 4.69) is 14.8 Å². The maximum Gasteiger partial charge on any atom is 0.328 e. The van der Waals surface area contributed by atoms with Crippen molar-refractivity contribution in [2.75, 3.05) is 20.0 Å². The first-order valence-electron chi connectivity index (χ1n) is 7.12. The van der Waals surface area contributed by atoms with Crippen LogP contribution in [0.2, 0.25) is 0 Å². The third-order valence-electron chi connectivity index (χ3n) is 3.51. The second-order valence-electron chi connectivity index (χ2n) is 5.19. The van der Waals surface area contributed by atoms with Crippen molar-refractivity contribution in [1.82, 2.24) is 5.32 Å². The largest absolute Gasteiger partial charge is 0.469 e. The second kappa shape index (κ2) is 8.17. The average molecular weight is 322 g/mol. The molecule has 0 aliphatic carbocycles. The van der Waals surface area contributed by atoms with Crippen molar-refractivity contribution in [2.24, 2.45) is 0 Å². The normalized spacial score (nSPS) is 11.5. The summed E-state index contributed by atoms with van der Waals surface area (Å²) < 4.78 is 9.19. The van der Waals surface area contributed by atoms with Crippen LogP contribution in [0.4, 0.5) is 5.69 Å². The minimum absolute atomic E-state index is 0.00363. The molecule has 1 rings (SSSR count). The minimum atomic E-state index is -0.926. The number of hydrogen-bond donors (Lipinski definition) is 2. The first kappa shape index (κ1) is 18.5. The summed E-state index contributed by atoms with van der Waals surface area (Å²) in [4.78, 5) is 35.3. The molecule has 0 spiro atoms. The van der Waals surface area contributed by atoms with Crippen molar-refractivity contribution >= 4 is 23.5 Å². The summed E-state index contributed by atoms with van der Waals surface area (Å²) in [6.45, 7) is 3.60. The van der Waals surface area contributed by atoms with Crippen molar-refractivity contribution in [3.63, 3.8) is 0 Å². The number of ether oxygens (including phenoxy) is 2. The molecule has 1 aromatic carbocycles. The number of esters is 2. The van der Waals surface area contributed by atoms with Gasteiger partial charge in [-0.05, 0) is 43.5 Å². The molecule has 7 heteroatoms. The van der Waals surface area contributed by atoms with Gasteiger partial charge in [-0.2, -0.15) is 0 Å². The Morgan fingerprint density at radius 1 is 1.13 bits per heavy atom. The van der Waals surface area contributed by atoms with E-state index in [1.807, 2.05) is 0 Å². The van der Waals surface area contributed by atoms with Crippen molar-refractivity contribution in [2.45, 2.75) is 32.7 Å². The first-order chi connectivity index (χ1) is 10.8. The number of rotatable bonds is 6. The van der Waals surface area contributed by atoms with Crippen molar-refractivity contribution in [3.8, 4) is 0 Å². The van der Waals surface area contributed by atoms with Gasteiger partial charge in [0.05, 0.1) is 14.2 Å². The fourth-order valence-corrected chi connectivity index (χ4v) is 2.10. The zero-order valence-electron chi connectivity index (χ0n) is 13.8. The molecule has 0 aliphatic heterocycles. The summed E-state index contributed by atoms with van der Waals surface area (Å²) in [6.07, 6.45) is 0.0916. The zero-order chi connectivity index (χ0) is 17.6. The number of carbonyl (C=O) groups is 3. The molecule has 3 N–H and O–H groups in total. The monoisotopic (exact) mass is 322 g/mol. The predicted molar refractivity (Wildman–Crippen MR) is 84.8 cm³/mol. The molecule has 126 valence electrons. The first-order valence-corrected chi connectivity index (χ1v) is 7.12. The molecule has 0 heterocycles. The van der Waals surface area contributed by atoms with E-state index in [4.69, 9.17) is 5.73 Å². The maximum absolute atomic E-state index is 12.3. The SMILES string of the molecule is COC(=O)CC[C@H](NC(=O)c1cc(C)c(N)c(C)c1)C(=O)OC. The number of anilines is 1. The highest BCUT2D eigenvalue weighted by Gasteiger charge is 2.23. The Labute approximate surface area is 135 Å². The molecule has 0 bridgehead atoms. The highest BCUT2D eigenvalue weighted by atomic mass is 16.5. The van der Waals surface area contributed by atoms with Crippen LogP contribution in [-0.4, -0.2) is 38.1 Å². The van der Waals surface area contributed by atoms with E-state index < -0.39 is 23.9 Å². The average Bonchev–Trinajstić information content (AvgIpc) is 2.54. The highest BCUT2D eigenvalue weighted by Crippen LogP contribution is 2.18. The quantitative estimate of drug-likeness (QED) is 0.600. The molecule has 0 aliphatic rings. The van der Waals surface area contributed by atoms with Crippen molar-refractivity contribution in [1.29, 1.82) is 0 Å². The lowest BCUT2D eigenvalue weighted by molar-refractivity contribution is -0.144. The summed E-state index contributed by atoms with van der Waals surface area (Å²) >= 11 is 0. The Hall–Kier alpha value is -2.57. The summed E-state index contributed by atoms with van der Waals surface area (Å²) in [6, 6.07) is 2.36. The van der Waals surface area contributed by atoms with Crippen molar-refractivity contribution < 1.29 is 23.9 Å². The number of nitrogens with one attached hydrogen (secondary N) is 1. The predicted octanol–water partition coefficient (Wildman–Crippen LogP) is 1.11. The van der Waals surface area contributed by atoms with Crippen molar-refractivity contribution in [3.05, 3.63) is 28.8 Å². The van der Waals surface area contributed by atoms with Gasteiger partial charge < -0.3 is 20.5 Å². The van der Waals surface area contributed by atoms with Crippen LogP contribution in [0.1, 0.15) is 34.3 Å². The van der Waals surface area contributed by atoms with E-state index >= 15 is 0 Å². The molecular weight excluding hydrogens is 300 g/mol. The van der Waals surface area contributed by atoms with Gasteiger partial charge in [0, 0.05) is 17.7 Å². The van der Waals surface area contributed by atoms with Crippen LogP contribution >= 0.6 is 0 Å². The summed E-state index contributed by atoms with van der Waals surface area (Å²) in [5, 5.41) is 2.58. The van der Waals surface area contributed by atoms with Crippen LogP contribution in [0.5, 0.6) is 0 Å². The van der Waals surface area contributed by atoms with E-state index in [1.165, 1.54) is 14.2 Å². The molecule has 0 fully saturated rings.